The molecule has 4 nitrogen and oxygen atoms in total. The van der Waals surface area contributed by atoms with Crippen molar-refractivity contribution in [2.45, 2.75) is 25.4 Å². The molecule has 1 atom stereocenters. The number of benzene rings is 1. The zero-order valence-corrected chi connectivity index (χ0v) is 10.7. The fraction of sp³-hybridized carbons (Fsp3) is 0.500. The summed E-state index contributed by atoms with van der Waals surface area (Å²) >= 11 is 0. The molecule has 0 saturated carbocycles. The molecular weight excluding hydrogens is 232 g/mol. The summed E-state index contributed by atoms with van der Waals surface area (Å²) in [5.41, 5.74) is 1.01. The molecule has 0 bridgehead atoms. The Morgan fingerprint density at radius 2 is 2.28 bits per heavy atom. The fourth-order valence-electron chi connectivity index (χ4n) is 1.93. The standard InChI is InChI=1S/C14H18O4/c1-10(6-7-15)12-4-3-5-13(16-2)14(12)18-11-8-17-9-11/h3-5,7,10-11H,6,8-9H2,1-2H3. The van der Waals surface area contributed by atoms with Crippen LogP contribution in [-0.4, -0.2) is 32.7 Å². The molecule has 0 radical (unpaired) electrons. The summed E-state index contributed by atoms with van der Waals surface area (Å²) in [6, 6.07) is 5.76. The molecule has 2 rings (SSSR count). The zero-order valence-electron chi connectivity index (χ0n) is 10.7. The molecule has 1 fully saturated rings. The monoisotopic (exact) mass is 250 g/mol. The van der Waals surface area contributed by atoms with Gasteiger partial charge in [-0.15, -0.1) is 0 Å². The summed E-state index contributed by atoms with van der Waals surface area (Å²) < 4.78 is 16.3. The van der Waals surface area contributed by atoms with E-state index in [2.05, 4.69) is 0 Å². The van der Waals surface area contributed by atoms with Crippen LogP contribution in [0.5, 0.6) is 11.5 Å². The number of para-hydroxylation sites is 1. The highest BCUT2D eigenvalue weighted by Crippen LogP contribution is 2.37. The van der Waals surface area contributed by atoms with Gasteiger partial charge in [0.15, 0.2) is 11.5 Å². The summed E-state index contributed by atoms with van der Waals surface area (Å²) in [5, 5.41) is 0. The second kappa shape index (κ2) is 5.87. The van der Waals surface area contributed by atoms with E-state index in [-0.39, 0.29) is 12.0 Å². The van der Waals surface area contributed by atoms with Crippen molar-refractivity contribution in [2.75, 3.05) is 20.3 Å². The molecule has 18 heavy (non-hydrogen) atoms. The molecule has 0 amide bonds. The Hall–Kier alpha value is -1.55. The maximum Gasteiger partial charge on any atom is 0.165 e. The van der Waals surface area contributed by atoms with Gasteiger partial charge in [-0.25, -0.2) is 0 Å². The SMILES string of the molecule is COc1cccc(C(C)CC=O)c1OC1COC1. The van der Waals surface area contributed by atoms with Crippen molar-refractivity contribution >= 4 is 6.29 Å². The Morgan fingerprint density at radius 1 is 1.50 bits per heavy atom. The molecule has 1 aliphatic rings. The van der Waals surface area contributed by atoms with Crippen LogP contribution in [0.3, 0.4) is 0 Å². The average Bonchev–Trinajstić information content (AvgIpc) is 2.33. The van der Waals surface area contributed by atoms with E-state index in [9.17, 15) is 4.79 Å². The number of ether oxygens (including phenoxy) is 3. The van der Waals surface area contributed by atoms with Gasteiger partial charge < -0.3 is 19.0 Å². The van der Waals surface area contributed by atoms with Gasteiger partial charge in [0.05, 0.1) is 20.3 Å². The number of aldehydes is 1. The van der Waals surface area contributed by atoms with E-state index in [1.807, 2.05) is 25.1 Å². The minimum Gasteiger partial charge on any atom is -0.493 e. The van der Waals surface area contributed by atoms with Gasteiger partial charge >= 0.3 is 0 Å². The average molecular weight is 250 g/mol. The Balaban J connectivity index is 2.27. The summed E-state index contributed by atoms with van der Waals surface area (Å²) in [7, 11) is 1.62. The van der Waals surface area contributed by atoms with Crippen LogP contribution < -0.4 is 9.47 Å². The first-order valence-electron chi connectivity index (χ1n) is 6.11. The van der Waals surface area contributed by atoms with Crippen molar-refractivity contribution < 1.29 is 19.0 Å². The Labute approximate surface area is 107 Å². The molecule has 0 spiro atoms. The molecule has 1 heterocycles. The smallest absolute Gasteiger partial charge is 0.165 e. The lowest BCUT2D eigenvalue weighted by atomic mass is 9.97. The predicted molar refractivity (Wildman–Crippen MR) is 67.3 cm³/mol. The van der Waals surface area contributed by atoms with Crippen molar-refractivity contribution in [1.29, 1.82) is 0 Å². The van der Waals surface area contributed by atoms with Gasteiger partial charge in [-0.1, -0.05) is 19.1 Å². The van der Waals surface area contributed by atoms with Crippen LogP contribution in [0.25, 0.3) is 0 Å². The third kappa shape index (κ3) is 2.64. The minimum atomic E-state index is 0.0866. The summed E-state index contributed by atoms with van der Waals surface area (Å²) in [6.45, 7) is 3.23. The molecule has 1 unspecified atom stereocenters. The summed E-state index contributed by atoms with van der Waals surface area (Å²) in [4.78, 5) is 10.7. The lowest BCUT2D eigenvalue weighted by Crippen LogP contribution is -2.38. The Bertz CT molecular complexity index is 412. The van der Waals surface area contributed by atoms with Crippen LogP contribution >= 0.6 is 0 Å². The predicted octanol–water partition coefficient (Wildman–Crippen LogP) is 2.17. The number of carbonyl (C=O) groups is 1. The van der Waals surface area contributed by atoms with E-state index in [1.54, 1.807) is 7.11 Å². The van der Waals surface area contributed by atoms with E-state index in [4.69, 9.17) is 14.2 Å². The summed E-state index contributed by atoms with van der Waals surface area (Å²) in [5.74, 6) is 1.56. The van der Waals surface area contributed by atoms with Crippen molar-refractivity contribution in [3.63, 3.8) is 0 Å². The molecular formula is C14H18O4. The lowest BCUT2D eigenvalue weighted by Gasteiger charge is -2.29. The van der Waals surface area contributed by atoms with E-state index in [1.165, 1.54) is 0 Å². The first-order valence-corrected chi connectivity index (χ1v) is 6.11. The third-order valence-corrected chi connectivity index (χ3v) is 3.10. The second-order valence-electron chi connectivity index (χ2n) is 4.46. The first kappa shape index (κ1) is 12.9. The number of rotatable bonds is 6. The minimum absolute atomic E-state index is 0.0866. The summed E-state index contributed by atoms with van der Waals surface area (Å²) in [6.07, 6.45) is 1.49. The van der Waals surface area contributed by atoms with Crippen LogP contribution in [0.1, 0.15) is 24.8 Å². The van der Waals surface area contributed by atoms with E-state index >= 15 is 0 Å². The highest BCUT2D eigenvalue weighted by Gasteiger charge is 2.24. The van der Waals surface area contributed by atoms with Crippen molar-refractivity contribution in [3.05, 3.63) is 23.8 Å². The van der Waals surface area contributed by atoms with Crippen molar-refractivity contribution in [2.24, 2.45) is 0 Å². The van der Waals surface area contributed by atoms with Gasteiger partial charge in [0.2, 0.25) is 0 Å². The van der Waals surface area contributed by atoms with Gasteiger partial charge in [0.1, 0.15) is 12.4 Å². The van der Waals surface area contributed by atoms with Crippen LogP contribution in [-0.2, 0) is 9.53 Å². The normalized spacial score (nSPS) is 16.8. The van der Waals surface area contributed by atoms with Crippen LogP contribution in [0, 0.1) is 0 Å². The molecule has 98 valence electrons. The van der Waals surface area contributed by atoms with Crippen LogP contribution in [0.15, 0.2) is 18.2 Å². The first-order chi connectivity index (χ1) is 8.76. The lowest BCUT2D eigenvalue weighted by molar-refractivity contribution is -0.108. The second-order valence-corrected chi connectivity index (χ2v) is 4.46. The van der Waals surface area contributed by atoms with E-state index in [0.717, 1.165) is 17.6 Å². The molecule has 1 saturated heterocycles. The van der Waals surface area contributed by atoms with Crippen LogP contribution in [0.4, 0.5) is 0 Å². The third-order valence-electron chi connectivity index (χ3n) is 3.10. The highest BCUT2D eigenvalue weighted by molar-refractivity contribution is 5.55. The van der Waals surface area contributed by atoms with Gasteiger partial charge in [-0.2, -0.15) is 0 Å². The van der Waals surface area contributed by atoms with E-state index in [0.29, 0.717) is 25.4 Å². The largest absolute Gasteiger partial charge is 0.493 e. The number of hydrogen-bond acceptors (Lipinski definition) is 4. The van der Waals surface area contributed by atoms with Gasteiger partial charge in [0.25, 0.3) is 0 Å². The van der Waals surface area contributed by atoms with E-state index < -0.39 is 0 Å². The topological polar surface area (TPSA) is 44.8 Å². The van der Waals surface area contributed by atoms with Crippen molar-refractivity contribution in [3.8, 4) is 11.5 Å². The quantitative estimate of drug-likeness (QED) is 0.726. The molecule has 4 heteroatoms. The Kier molecular flexibility index (Phi) is 4.20. The highest BCUT2D eigenvalue weighted by atomic mass is 16.6. The van der Waals surface area contributed by atoms with Gasteiger partial charge in [-0.05, 0) is 12.0 Å². The number of carbonyl (C=O) groups excluding carboxylic acids is 1. The van der Waals surface area contributed by atoms with Crippen LogP contribution in [0.2, 0.25) is 0 Å². The molecule has 0 aromatic heterocycles. The number of hydrogen-bond donors (Lipinski definition) is 0. The number of methoxy groups -OCH3 is 1. The zero-order chi connectivity index (χ0) is 13.0. The molecule has 1 aromatic rings. The maximum atomic E-state index is 10.7. The molecule has 0 aliphatic carbocycles. The molecule has 0 N–H and O–H groups in total. The van der Waals surface area contributed by atoms with Gasteiger partial charge in [0, 0.05) is 12.0 Å². The van der Waals surface area contributed by atoms with Crippen molar-refractivity contribution in [1.82, 2.24) is 0 Å². The van der Waals surface area contributed by atoms with Gasteiger partial charge in [-0.3, -0.25) is 0 Å². The molecule has 1 aliphatic heterocycles. The maximum absolute atomic E-state index is 10.7. The molecule has 1 aromatic carbocycles. The Morgan fingerprint density at radius 3 is 2.83 bits per heavy atom. The fourth-order valence-corrected chi connectivity index (χ4v) is 1.93.